The number of carbonyl (C=O) groups is 2. The predicted octanol–water partition coefficient (Wildman–Crippen LogP) is 6.54. The van der Waals surface area contributed by atoms with Crippen LogP contribution in [0.1, 0.15) is 40.1 Å². The Morgan fingerprint density at radius 3 is 2.62 bits per heavy atom. The van der Waals surface area contributed by atoms with Crippen molar-refractivity contribution in [2.24, 2.45) is 0 Å². The molecule has 1 aliphatic carbocycles. The van der Waals surface area contributed by atoms with Crippen molar-refractivity contribution in [1.82, 2.24) is 14.8 Å². The molecule has 4 aromatic rings. The summed E-state index contributed by atoms with van der Waals surface area (Å²) in [6.07, 6.45) is 4.19. The van der Waals surface area contributed by atoms with Gasteiger partial charge in [-0.3, -0.25) is 9.36 Å². The van der Waals surface area contributed by atoms with Crippen LogP contribution in [-0.2, 0) is 22.4 Å². The van der Waals surface area contributed by atoms with E-state index >= 15 is 0 Å². The van der Waals surface area contributed by atoms with Gasteiger partial charge in [-0.2, -0.15) is 0 Å². The Morgan fingerprint density at radius 2 is 1.84 bits per heavy atom. The first-order chi connectivity index (χ1) is 18.1. The second kappa shape index (κ2) is 11.6. The topological polar surface area (TPSA) is 86.1 Å². The molecular formula is C27H25BrN4O3S2. The maximum absolute atomic E-state index is 12.9. The number of aromatic nitrogens is 3. The van der Waals surface area contributed by atoms with Crippen LogP contribution in [0.2, 0.25) is 0 Å². The number of ether oxygens (including phenoxy) is 1. The van der Waals surface area contributed by atoms with E-state index < -0.39 is 0 Å². The molecule has 2 aromatic carbocycles. The van der Waals surface area contributed by atoms with Gasteiger partial charge in [-0.25, -0.2) is 4.79 Å². The highest BCUT2D eigenvalue weighted by Crippen LogP contribution is 2.39. The van der Waals surface area contributed by atoms with Crippen molar-refractivity contribution in [3.63, 3.8) is 0 Å². The molecule has 190 valence electrons. The lowest BCUT2D eigenvalue weighted by Crippen LogP contribution is -2.15. The van der Waals surface area contributed by atoms with Crippen molar-refractivity contribution in [2.75, 3.05) is 18.2 Å². The number of nitrogens with zero attached hydrogens (tertiary/aromatic N) is 3. The number of hydrogen-bond acceptors (Lipinski definition) is 7. The number of rotatable bonds is 8. The third kappa shape index (κ3) is 5.51. The number of carbonyl (C=O) groups excluding carboxylic acids is 2. The normalized spacial score (nSPS) is 12.7. The van der Waals surface area contributed by atoms with Gasteiger partial charge in [-0.15, -0.1) is 21.5 Å². The number of thiophene rings is 1. The number of methoxy groups -OCH3 is 1. The number of para-hydroxylation sites is 1. The highest BCUT2D eigenvalue weighted by atomic mass is 79.9. The molecule has 37 heavy (non-hydrogen) atoms. The standard InChI is InChI=1S/C27H25BrN4O3S2/c1-35-26(34)23-19-12-6-8-14-21(19)37-25(23)29-22(33)15-16-36-27-31-30-24(18-11-5-7-13-20(18)28)32(27)17-9-3-2-4-10-17/h2-5,7,9-11,13H,6,8,12,14-16H2,1H3,(H,29,33). The van der Waals surface area contributed by atoms with Gasteiger partial charge in [0.25, 0.3) is 0 Å². The zero-order valence-corrected chi connectivity index (χ0v) is 23.4. The molecular weight excluding hydrogens is 572 g/mol. The van der Waals surface area contributed by atoms with Gasteiger partial charge in [-0.1, -0.05) is 64.1 Å². The van der Waals surface area contributed by atoms with Crippen LogP contribution in [0.3, 0.4) is 0 Å². The van der Waals surface area contributed by atoms with Gasteiger partial charge in [0, 0.05) is 32.8 Å². The van der Waals surface area contributed by atoms with Gasteiger partial charge < -0.3 is 10.1 Å². The van der Waals surface area contributed by atoms with Gasteiger partial charge in [-0.05, 0) is 49.4 Å². The monoisotopic (exact) mass is 596 g/mol. The van der Waals surface area contributed by atoms with Crippen molar-refractivity contribution in [1.29, 1.82) is 0 Å². The molecule has 0 bridgehead atoms. The fourth-order valence-electron chi connectivity index (χ4n) is 4.39. The Morgan fingerprint density at radius 1 is 1.08 bits per heavy atom. The van der Waals surface area contributed by atoms with Crippen LogP contribution in [0.15, 0.2) is 64.2 Å². The fourth-order valence-corrected chi connectivity index (χ4v) is 7.03. The first-order valence-electron chi connectivity index (χ1n) is 12.0. The van der Waals surface area contributed by atoms with Gasteiger partial charge in [0.1, 0.15) is 5.00 Å². The second-order valence-corrected chi connectivity index (χ2v) is 11.5. The first kappa shape index (κ1) is 25.7. The van der Waals surface area contributed by atoms with E-state index in [9.17, 15) is 9.59 Å². The highest BCUT2D eigenvalue weighted by Gasteiger charge is 2.27. The molecule has 0 atom stereocenters. The molecule has 0 aliphatic heterocycles. The Labute approximate surface area is 231 Å². The van der Waals surface area contributed by atoms with E-state index in [1.54, 1.807) is 0 Å². The Bertz CT molecular complexity index is 1430. The van der Waals surface area contributed by atoms with Crippen LogP contribution in [0.4, 0.5) is 5.00 Å². The van der Waals surface area contributed by atoms with Crippen LogP contribution >= 0.6 is 39.0 Å². The summed E-state index contributed by atoms with van der Waals surface area (Å²) in [7, 11) is 1.38. The molecule has 5 rings (SSSR count). The molecule has 0 fully saturated rings. The predicted molar refractivity (Wildman–Crippen MR) is 151 cm³/mol. The molecule has 1 aliphatic rings. The van der Waals surface area contributed by atoms with E-state index in [1.165, 1.54) is 35.1 Å². The van der Waals surface area contributed by atoms with Crippen LogP contribution in [0.5, 0.6) is 0 Å². The zero-order valence-electron chi connectivity index (χ0n) is 20.2. The first-order valence-corrected chi connectivity index (χ1v) is 14.6. The van der Waals surface area contributed by atoms with E-state index in [4.69, 9.17) is 4.74 Å². The largest absolute Gasteiger partial charge is 0.465 e. The van der Waals surface area contributed by atoms with E-state index in [0.29, 0.717) is 21.5 Å². The lowest BCUT2D eigenvalue weighted by Gasteiger charge is -2.12. The third-order valence-corrected chi connectivity index (χ3v) is 8.97. The van der Waals surface area contributed by atoms with E-state index in [0.717, 1.165) is 52.8 Å². The number of fused-ring (bicyclic) bond motifs is 1. The summed E-state index contributed by atoms with van der Waals surface area (Å²) < 4.78 is 7.95. The summed E-state index contributed by atoms with van der Waals surface area (Å²) in [6.45, 7) is 0. The molecule has 0 unspecified atom stereocenters. The molecule has 2 aromatic heterocycles. The maximum atomic E-state index is 12.9. The van der Waals surface area contributed by atoms with Gasteiger partial charge in [0.15, 0.2) is 11.0 Å². The van der Waals surface area contributed by atoms with Crippen molar-refractivity contribution in [2.45, 2.75) is 37.3 Å². The van der Waals surface area contributed by atoms with Crippen molar-refractivity contribution >= 4 is 55.9 Å². The molecule has 0 spiro atoms. The van der Waals surface area contributed by atoms with Gasteiger partial charge in [0.2, 0.25) is 5.91 Å². The smallest absolute Gasteiger partial charge is 0.341 e. The van der Waals surface area contributed by atoms with Crippen LogP contribution in [0, 0.1) is 0 Å². The molecule has 0 saturated heterocycles. The average molecular weight is 598 g/mol. The maximum Gasteiger partial charge on any atom is 0.341 e. The number of aryl methyl sites for hydroxylation is 1. The molecule has 0 radical (unpaired) electrons. The minimum atomic E-state index is -0.389. The number of halogens is 1. The van der Waals surface area contributed by atoms with E-state index in [-0.39, 0.29) is 18.3 Å². The summed E-state index contributed by atoms with van der Waals surface area (Å²) in [5.41, 5.74) is 3.42. The molecule has 10 heteroatoms. The summed E-state index contributed by atoms with van der Waals surface area (Å²) in [5, 5.41) is 13.2. The third-order valence-electron chi connectivity index (χ3n) is 6.14. The minimum absolute atomic E-state index is 0.145. The highest BCUT2D eigenvalue weighted by molar-refractivity contribution is 9.10. The van der Waals surface area contributed by atoms with Crippen molar-refractivity contribution < 1.29 is 14.3 Å². The van der Waals surface area contributed by atoms with Crippen LogP contribution < -0.4 is 5.32 Å². The van der Waals surface area contributed by atoms with Crippen molar-refractivity contribution in [3.8, 4) is 17.1 Å². The molecule has 2 heterocycles. The zero-order chi connectivity index (χ0) is 25.8. The number of esters is 1. The second-order valence-electron chi connectivity index (χ2n) is 8.51. The number of benzene rings is 2. The van der Waals surface area contributed by atoms with Crippen LogP contribution in [0.25, 0.3) is 17.1 Å². The molecule has 0 saturated carbocycles. The average Bonchev–Trinajstić information content (AvgIpc) is 3.50. The number of thioether (sulfide) groups is 1. The summed E-state index contributed by atoms with van der Waals surface area (Å²) >= 11 is 6.59. The number of nitrogens with one attached hydrogen (secondary N) is 1. The quantitative estimate of drug-likeness (QED) is 0.183. The summed E-state index contributed by atoms with van der Waals surface area (Å²) in [4.78, 5) is 26.5. The summed E-state index contributed by atoms with van der Waals surface area (Å²) in [6, 6.07) is 17.8. The lowest BCUT2D eigenvalue weighted by molar-refractivity contribution is -0.115. The Hall–Kier alpha value is -2.95. The molecule has 1 N–H and O–H groups in total. The fraction of sp³-hybridized carbons (Fsp3) is 0.259. The van der Waals surface area contributed by atoms with E-state index in [2.05, 4.69) is 31.4 Å². The van der Waals surface area contributed by atoms with Crippen LogP contribution in [-0.4, -0.2) is 39.5 Å². The van der Waals surface area contributed by atoms with Crippen molar-refractivity contribution in [3.05, 3.63) is 75.1 Å². The number of hydrogen-bond donors (Lipinski definition) is 1. The summed E-state index contributed by atoms with van der Waals surface area (Å²) in [5.74, 6) is 0.691. The van der Waals surface area contributed by atoms with E-state index in [1.807, 2.05) is 59.2 Å². The Balaban J connectivity index is 1.32. The Kier molecular flexibility index (Phi) is 8.07. The van der Waals surface area contributed by atoms with Gasteiger partial charge >= 0.3 is 5.97 Å². The minimum Gasteiger partial charge on any atom is -0.465 e. The number of anilines is 1. The molecule has 1 amide bonds. The number of amides is 1. The van der Waals surface area contributed by atoms with Gasteiger partial charge in [0.05, 0.1) is 12.7 Å². The lowest BCUT2D eigenvalue weighted by atomic mass is 9.95. The molecule has 7 nitrogen and oxygen atoms in total. The SMILES string of the molecule is COC(=O)c1c(NC(=O)CCSc2nnc(-c3ccccc3Br)n2-c2ccccc2)sc2c1CCCC2.